The van der Waals surface area contributed by atoms with Gasteiger partial charge in [-0.2, -0.15) is 0 Å². The molecule has 0 bridgehead atoms. The molecule has 0 heterocycles. The topological polar surface area (TPSA) is 84.9 Å². The minimum Gasteiger partial charge on any atom is -0.459 e. The fraction of sp³-hybridized carbons (Fsp3) is 0.231. The van der Waals surface area contributed by atoms with Crippen LogP contribution in [0.4, 0.5) is 4.79 Å². The number of aliphatic hydroxyl groups excluding tert-OH is 1. The van der Waals surface area contributed by atoms with Crippen LogP contribution in [0, 0.1) is 0 Å². The zero-order chi connectivity index (χ0) is 22.5. The number of aliphatic hydroxyl groups is 1. The van der Waals surface area contributed by atoms with Crippen molar-refractivity contribution in [1.29, 1.82) is 0 Å². The minimum absolute atomic E-state index is 0.0509. The average molecular weight is 431 g/mol. The molecule has 0 radical (unpaired) electrons. The Bertz CT molecular complexity index is 1050. The van der Waals surface area contributed by atoms with E-state index in [0.29, 0.717) is 0 Å². The van der Waals surface area contributed by atoms with Crippen molar-refractivity contribution < 1.29 is 24.2 Å². The van der Waals surface area contributed by atoms with Gasteiger partial charge in [-0.15, -0.1) is 0 Å². The molecule has 3 aromatic rings. The summed E-state index contributed by atoms with van der Waals surface area (Å²) in [4.78, 5) is 24.9. The lowest BCUT2D eigenvalue weighted by atomic mass is 9.98. The molecule has 0 saturated heterocycles. The predicted molar refractivity (Wildman–Crippen MR) is 120 cm³/mol. The Morgan fingerprint density at radius 2 is 1.44 bits per heavy atom. The standard InChI is InChI=1S/C26H25NO5/c1-17(28)24(25(29)31-15-18-9-3-2-4-10-18)27-26(30)32-16-23-21-13-7-5-11-19(21)20-12-6-8-14-22(20)23/h2-14,17,23-24,28H,15-16H2,1H3,(H,27,30)/t17-,24+/m1/s1. The molecule has 3 aromatic carbocycles. The molecule has 164 valence electrons. The number of esters is 1. The van der Waals surface area contributed by atoms with E-state index >= 15 is 0 Å². The Morgan fingerprint density at radius 1 is 0.875 bits per heavy atom. The van der Waals surface area contributed by atoms with Crippen LogP contribution in [-0.4, -0.2) is 35.9 Å². The number of alkyl carbamates (subject to hydrolysis) is 1. The van der Waals surface area contributed by atoms with Gasteiger partial charge in [-0.05, 0) is 34.7 Å². The largest absolute Gasteiger partial charge is 0.459 e. The van der Waals surface area contributed by atoms with Gasteiger partial charge in [0.1, 0.15) is 13.2 Å². The van der Waals surface area contributed by atoms with E-state index in [9.17, 15) is 14.7 Å². The van der Waals surface area contributed by atoms with Crippen molar-refractivity contribution in [2.45, 2.75) is 31.6 Å². The van der Waals surface area contributed by atoms with Gasteiger partial charge in [0.15, 0.2) is 6.04 Å². The molecule has 6 nitrogen and oxygen atoms in total. The summed E-state index contributed by atoms with van der Waals surface area (Å²) in [5, 5.41) is 12.4. The molecule has 0 fully saturated rings. The molecule has 32 heavy (non-hydrogen) atoms. The van der Waals surface area contributed by atoms with Crippen LogP contribution in [0.3, 0.4) is 0 Å². The number of benzene rings is 3. The van der Waals surface area contributed by atoms with Crippen LogP contribution in [0.15, 0.2) is 78.9 Å². The molecule has 4 rings (SSSR count). The Hall–Kier alpha value is -3.64. The molecule has 1 aliphatic rings. The molecule has 6 heteroatoms. The van der Waals surface area contributed by atoms with Crippen LogP contribution in [0.2, 0.25) is 0 Å². The summed E-state index contributed by atoms with van der Waals surface area (Å²) in [5.41, 5.74) is 5.25. The molecule has 1 aliphatic carbocycles. The highest BCUT2D eigenvalue weighted by Crippen LogP contribution is 2.44. The van der Waals surface area contributed by atoms with E-state index in [0.717, 1.165) is 27.8 Å². The van der Waals surface area contributed by atoms with Crippen molar-refractivity contribution in [1.82, 2.24) is 5.32 Å². The van der Waals surface area contributed by atoms with Crippen molar-refractivity contribution >= 4 is 12.1 Å². The molecule has 0 spiro atoms. The van der Waals surface area contributed by atoms with Gasteiger partial charge < -0.3 is 19.9 Å². The fourth-order valence-corrected chi connectivity index (χ4v) is 3.96. The van der Waals surface area contributed by atoms with Gasteiger partial charge in [-0.25, -0.2) is 9.59 Å². The number of fused-ring (bicyclic) bond motifs is 3. The van der Waals surface area contributed by atoms with Gasteiger partial charge in [-0.1, -0.05) is 78.9 Å². The first-order chi connectivity index (χ1) is 15.5. The monoisotopic (exact) mass is 431 g/mol. The Kier molecular flexibility index (Phi) is 6.52. The lowest BCUT2D eigenvalue weighted by Gasteiger charge is -2.21. The van der Waals surface area contributed by atoms with Gasteiger partial charge >= 0.3 is 12.1 Å². The summed E-state index contributed by atoms with van der Waals surface area (Å²) in [7, 11) is 0. The van der Waals surface area contributed by atoms with Gasteiger partial charge in [0.25, 0.3) is 0 Å². The van der Waals surface area contributed by atoms with Crippen LogP contribution in [0.25, 0.3) is 11.1 Å². The lowest BCUT2D eigenvalue weighted by Crippen LogP contribution is -2.48. The first-order valence-electron chi connectivity index (χ1n) is 10.5. The lowest BCUT2D eigenvalue weighted by molar-refractivity contribution is -0.150. The number of nitrogens with one attached hydrogen (secondary N) is 1. The minimum atomic E-state index is -1.23. The second-order valence-electron chi connectivity index (χ2n) is 7.78. The summed E-state index contributed by atoms with van der Waals surface area (Å²) in [5.74, 6) is -0.819. The maximum absolute atomic E-state index is 12.5. The number of carbonyl (C=O) groups excluding carboxylic acids is 2. The Labute approximate surface area is 186 Å². The highest BCUT2D eigenvalue weighted by atomic mass is 16.6. The molecular formula is C26H25NO5. The van der Waals surface area contributed by atoms with Crippen molar-refractivity contribution in [3.63, 3.8) is 0 Å². The van der Waals surface area contributed by atoms with Gasteiger partial charge in [0.2, 0.25) is 0 Å². The number of amides is 1. The van der Waals surface area contributed by atoms with Crippen LogP contribution in [0.1, 0.15) is 29.5 Å². The van der Waals surface area contributed by atoms with E-state index in [1.807, 2.05) is 66.7 Å². The van der Waals surface area contributed by atoms with E-state index in [-0.39, 0.29) is 19.1 Å². The molecule has 0 aliphatic heterocycles. The smallest absolute Gasteiger partial charge is 0.407 e. The summed E-state index contributed by atoms with van der Waals surface area (Å²) in [6.07, 6.45) is -1.92. The third-order valence-corrected chi connectivity index (χ3v) is 5.58. The summed E-state index contributed by atoms with van der Waals surface area (Å²) in [6.45, 7) is 1.58. The second kappa shape index (κ2) is 9.66. The second-order valence-corrected chi connectivity index (χ2v) is 7.78. The van der Waals surface area contributed by atoms with Crippen molar-refractivity contribution in [3.8, 4) is 11.1 Å². The summed E-state index contributed by atoms with van der Waals surface area (Å²) >= 11 is 0. The van der Waals surface area contributed by atoms with Gasteiger partial charge in [0.05, 0.1) is 6.10 Å². The molecule has 1 amide bonds. The molecular weight excluding hydrogens is 406 g/mol. The predicted octanol–water partition coefficient (Wildman–Crippen LogP) is 4.02. The molecule has 2 atom stereocenters. The number of ether oxygens (including phenoxy) is 2. The third kappa shape index (κ3) is 4.65. The number of carbonyl (C=O) groups is 2. The number of rotatable bonds is 7. The quantitative estimate of drug-likeness (QED) is 0.552. The van der Waals surface area contributed by atoms with Crippen molar-refractivity contribution in [3.05, 3.63) is 95.6 Å². The van der Waals surface area contributed by atoms with Crippen molar-refractivity contribution in [2.24, 2.45) is 0 Å². The van der Waals surface area contributed by atoms with E-state index in [2.05, 4.69) is 17.4 Å². The number of hydrogen-bond donors (Lipinski definition) is 2. The zero-order valence-electron chi connectivity index (χ0n) is 17.7. The summed E-state index contributed by atoms with van der Waals surface area (Å²) in [6, 6.07) is 24.0. The summed E-state index contributed by atoms with van der Waals surface area (Å²) < 4.78 is 10.7. The highest BCUT2D eigenvalue weighted by molar-refractivity contribution is 5.82. The normalized spacial score (nSPS) is 14.1. The van der Waals surface area contributed by atoms with E-state index < -0.39 is 24.2 Å². The maximum atomic E-state index is 12.5. The van der Waals surface area contributed by atoms with E-state index in [4.69, 9.17) is 9.47 Å². The zero-order valence-corrected chi connectivity index (χ0v) is 17.7. The van der Waals surface area contributed by atoms with Gasteiger partial charge in [-0.3, -0.25) is 0 Å². The van der Waals surface area contributed by atoms with E-state index in [1.54, 1.807) is 0 Å². The van der Waals surface area contributed by atoms with Crippen LogP contribution < -0.4 is 5.32 Å². The number of hydrogen-bond acceptors (Lipinski definition) is 5. The van der Waals surface area contributed by atoms with Crippen molar-refractivity contribution in [2.75, 3.05) is 6.61 Å². The Balaban J connectivity index is 1.37. The first kappa shape index (κ1) is 21.6. The van der Waals surface area contributed by atoms with Gasteiger partial charge in [0, 0.05) is 5.92 Å². The first-order valence-corrected chi connectivity index (χ1v) is 10.5. The van der Waals surface area contributed by atoms with Crippen LogP contribution >= 0.6 is 0 Å². The van der Waals surface area contributed by atoms with Crippen LogP contribution in [-0.2, 0) is 20.9 Å². The van der Waals surface area contributed by atoms with E-state index in [1.165, 1.54) is 6.92 Å². The Morgan fingerprint density at radius 3 is 2.03 bits per heavy atom. The average Bonchev–Trinajstić information content (AvgIpc) is 3.14. The highest BCUT2D eigenvalue weighted by Gasteiger charge is 2.31. The fourth-order valence-electron chi connectivity index (χ4n) is 3.96. The molecule has 0 aromatic heterocycles. The third-order valence-electron chi connectivity index (χ3n) is 5.58. The van der Waals surface area contributed by atoms with Crippen LogP contribution in [0.5, 0.6) is 0 Å². The molecule has 2 N–H and O–H groups in total. The molecule has 0 unspecified atom stereocenters. The molecule has 0 saturated carbocycles. The maximum Gasteiger partial charge on any atom is 0.407 e. The SMILES string of the molecule is C[C@@H](O)[C@H](NC(=O)OCC1c2ccccc2-c2ccccc21)C(=O)OCc1ccccc1.